The molecule has 0 fully saturated rings. The Morgan fingerprint density at radius 2 is 2.26 bits per heavy atom. The van der Waals surface area contributed by atoms with Gasteiger partial charge in [0.1, 0.15) is 11.1 Å². The zero-order chi connectivity index (χ0) is 14.0. The molecule has 1 amide bonds. The second-order valence-corrected chi connectivity index (χ2v) is 5.90. The normalized spacial score (nSPS) is 11.6. The fourth-order valence-electron chi connectivity index (χ4n) is 1.46. The predicted molar refractivity (Wildman–Crippen MR) is 74.7 cm³/mol. The van der Waals surface area contributed by atoms with Crippen LogP contribution in [0.25, 0.3) is 11.2 Å². The summed E-state index contributed by atoms with van der Waals surface area (Å²) in [6.45, 7) is 5.72. The Morgan fingerprint density at radius 1 is 1.53 bits per heavy atom. The minimum atomic E-state index is -0.511. The highest BCUT2D eigenvalue weighted by Crippen LogP contribution is 2.19. The van der Waals surface area contributed by atoms with Crippen LogP contribution < -0.4 is 5.32 Å². The number of aromatic amines is 1. The maximum Gasteiger partial charge on any atom is 0.407 e. The van der Waals surface area contributed by atoms with Gasteiger partial charge in [-0.15, -0.1) is 0 Å². The van der Waals surface area contributed by atoms with E-state index in [4.69, 9.17) is 4.74 Å². The van der Waals surface area contributed by atoms with Crippen LogP contribution in [0.4, 0.5) is 4.79 Å². The van der Waals surface area contributed by atoms with Gasteiger partial charge in [0.05, 0.1) is 22.9 Å². The van der Waals surface area contributed by atoms with Crippen molar-refractivity contribution in [3.63, 3.8) is 0 Å². The SMILES string of the molecule is CC(C)(C)OC(=O)NCc1cnc2[nH]cc(Br)c2n1. The number of halogens is 1. The lowest BCUT2D eigenvalue weighted by Gasteiger charge is -2.19. The quantitative estimate of drug-likeness (QED) is 0.889. The molecule has 0 aromatic carbocycles. The lowest BCUT2D eigenvalue weighted by molar-refractivity contribution is 0.0523. The van der Waals surface area contributed by atoms with Crippen LogP contribution in [0.2, 0.25) is 0 Å². The van der Waals surface area contributed by atoms with Crippen LogP contribution >= 0.6 is 15.9 Å². The first kappa shape index (κ1) is 13.8. The van der Waals surface area contributed by atoms with Crippen LogP contribution in [0.3, 0.4) is 0 Å². The zero-order valence-corrected chi connectivity index (χ0v) is 12.5. The first-order valence-corrected chi connectivity index (χ1v) is 6.60. The van der Waals surface area contributed by atoms with Crippen molar-refractivity contribution in [2.75, 3.05) is 0 Å². The third-order valence-corrected chi connectivity index (χ3v) is 2.80. The average molecular weight is 327 g/mol. The summed E-state index contributed by atoms with van der Waals surface area (Å²) >= 11 is 3.38. The molecule has 0 saturated heterocycles. The number of nitrogens with one attached hydrogen (secondary N) is 2. The molecule has 0 spiro atoms. The Bertz CT molecular complexity index is 603. The number of rotatable bonds is 2. The molecule has 0 saturated carbocycles. The number of aromatic nitrogens is 3. The summed E-state index contributed by atoms with van der Waals surface area (Å²) in [5, 5.41) is 2.64. The van der Waals surface area contributed by atoms with E-state index >= 15 is 0 Å². The number of nitrogens with zero attached hydrogens (tertiary/aromatic N) is 2. The number of ether oxygens (including phenoxy) is 1. The van der Waals surface area contributed by atoms with E-state index in [1.54, 1.807) is 12.4 Å². The molecule has 0 aliphatic rings. The van der Waals surface area contributed by atoms with E-state index in [0.717, 1.165) is 9.99 Å². The molecule has 0 aliphatic heterocycles. The van der Waals surface area contributed by atoms with Crippen LogP contribution in [-0.4, -0.2) is 26.6 Å². The number of amides is 1. The Labute approximate surface area is 119 Å². The van der Waals surface area contributed by atoms with Crippen LogP contribution in [0.5, 0.6) is 0 Å². The molecule has 102 valence electrons. The number of carbonyl (C=O) groups is 1. The second kappa shape index (κ2) is 5.16. The molecular weight excluding hydrogens is 312 g/mol. The van der Waals surface area contributed by atoms with Crippen LogP contribution in [-0.2, 0) is 11.3 Å². The molecule has 2 rings (SSSR count). The Kier molecular flexibility index (Phi) is 3.75. The summed E-state index contributed by atoms with van der Waals surface area (Å²) in [6.07, 6.45) is 2.92. The number of H-pyrrole nitrogens is 1. The Balaban J connectivity index is 2.02. The van der Waals surface area contributed by atoms with Crippen molar-refractivity contribution in [3.8, 4) is 0 Å². The van der Waals surface area contributed by atoms with Gasteiger partial charge in [-0.25, -0.2) is 14.8 Å². The lowest BCUT2D eigenvalue weighted by atomic mass is 10.2. The topological polar surface area (TPSA) is 79.9 Å². The highest BCUT2D eigenvalue weighted by atomic mass is 79.9. The first-order chi connectivity index (χ1) is 8.85. The summed E-state index contributed by atoms with van der Waals surface area (Å²) in [4.78, 5) is 23.1. The molecule has 19 heavy (non-hydrogen) atoms. The van der Waals surface area contributed by atoms with E-state index in [9.17, 15) is 4.79 Å². The molecule has 0 atom stereocenters. The number of hydrogen-bond acceptors (Lipinski definition) is 4. The van der Waals surface area contributed by atoms with Crippen LogP contribution in [0, 0.1) is 0 Å². The molecule has 0 unspecified atom stereocenters. The van der Waals surface area contributed by atoms with Gasteiger partial charge >= 0.3 is 6.09 Å². The molecule has 0 aliphatic carbocycles. The van der Waals surface area contributed by atoms with Crippen LogP contribution in [0.15, 0.2) is 16.9 Å². The maximum absolute atomic E-state index is 11.5. The minimum Gasteiger partial charge on any atom is -0.444 e. The molecule has 2 aromatic heterocycles. The number of alkyl carbamates (subject to hydrolysis) is 1. The van der Waals surface area contributed by atoms with Gasteiger partial charge in [0.15, 0.2) is 5.65 Å². The fourth-order valence-corrected chi connectivity index (χ4v) is 1.85. The van der Waals surface area contributed by atoms with Crippen molar-refractivity contribution in [2.24, 2.45) is 0 Å². The Morgan fingerprint density at radius 3 is 2.95 bits per heavy atom. The van der Waals surface area contributed by atoms with Gasteiger partial charge in [-0.2, -0.15) is 0 Å². The van der Waals surface area contributed by atoms with Gasteiger partial charge in [0, 0.05) is 6.20 Å². The number of hydrogen-bond donors (Lipinski definition) is 2. The monoisotopic (exact) mass is 326 g/mol. The Hall–Kier alpha value is -1.63. The zero-order valence-electron chi connectivity index (χ0n) is 11.0. The van der Waals surface area contributed by atoms with E-state index in [2.05, 4.69) is 36.2 Å². The molecule has 6 nitrogen and oxygen atoms in total. The summed E-state index contributed by atoms with van der Waals surface area (Å²) in [5.41, 5.74) is 1.60. The van der Waals surface area contributed by atoms with Gasteiger partial charge in [0.25, 0.3) is 0 Å². The van der Waals surface area contributed by atoms with Crippen molar-refractivity contribution in [2.45, 2.75) is 32.9 Å². The van der Waals surface area contributed by atoms with Gasteiger partial charge in [0.2, 0.25) is 0 Å². The predicted octanol–water partition coefficient (Wildman–Crippen LogP) is 2.75. The second-order valence-electron chi connectivity index (χ2n) is 5.05. The largest absolute Gasteiger partial charge is 0.444 e. The van der Waals surface area contributed by atoms with E-state index in [-0.39, 0.29) is 6.54 Å². The molecule has 7 heteroatoms. The van der Waals surface area contributed by atoms with Crippen molar-refractivity contribution < 1.29 is 9.53 Å². The van der Waals surface area contributed by atoms with Crippen molar-refractivity contribution in [1.29, 1.82) is 0 Å². The maximum atomic E-state index is 11.5. The number of carbonyl (C=O) groups excluding carboxylic acids is 1. The molecular formula is C12H15BrN4O2. The molecule has 0 bridgehead atoms. The third kappa shape index (κ3) is 3.66. The highest BCUT2D eigenvalue weighted by molar-refractivity contribution is 9.10. The van der Waals surface area contributed by atoms with Crippen molar-refractivity contribution in [3.05, 3.63) is 22.6 Å². The molecule has 2 heterocycles. The molecule has 2 N–H and O–H groups in total. The van der Waals surface area contributed by atoms with Gasteiger partial charge in [-0.05, 0) is 36.7 Å². The standard InChI is InChI=1S/C12H15BrN4O2/c1-12(2,3)19-11(18)16-5-7-4-14-10-9(17-7)8(13)6-15-10/h4,6H,5H2,1-3H3,(H,14,15)(H,16,18). The van der Waals surface area contributed by atoms with Crippen molar-refractivity contribution in [1.82, 2.24) is 20.3 Å². The minimum absolute atomic E-state index is 0.273. The lowest BCUT2D eigenvalue weighted by Crippen LogP contribution is -2.32. The summed E-state index contributed by atoms with van der Waals surface area (Å²) in [6, 6.07) is 0. The first-order valence-electron chi connectivity index (χ1n) is 5.80. The molecule has 2 aromatic rings. The number of fused-ring (bicyclic) bond motifs is 1. The summed E-state index contributed by atoms with van der Waals surface area (Å²) < 4.78 is 5.98. The van der Waals surface area contributed by atoms with Crippen LogP contribution in [0.1, 0.15) is 26.5 Å². The fraction of sp³-hybridized carbons (Fsp3) is 0.417. The van der Waals surface area contributed by atoms with E-state index in [1.807, 2.05) is 20.8 Å². The van der Waals surface area contributed by atoms with E-state index in [1.165, 1.54) is 0 Å². The van der Waals surface area contributed by atoms with E-state index in [0.29, 0.717) is 11.3 Å². The van der Waals surface area contributed by atoms with E-state index < -0.39 is 11.7 Å². The van der Waals surface area contributed by atoms with Gasteiger partial charge in [-0.1, -0.05) is 0 Å². The smallest absolute Gasteiger partial charge is 0.407 e. The van der Waals surface area contributed by atoms with Crippen molar-refractivity contribution >= 4 is 33.2 Å². The third-order valence-electron chi connectivity index (χ3n) is 2.20. The highest BCUT2D eigenvalue weighted by Gasteiger charge is 2.16. The average Bonchev–Trinajstić information content (AvgIpc) is 2.66. The van der Waals surface area contributed by atoms with Gasteiger partial charge in [-0.3, -0.25) is 0 Å². The molecule has 0 radical (unpaired) electrons. The summed E-state index contributed by atoms with van der Waals surface area (Å²) in [5.74, 6) is 0. The van der Waals surface area contributed by atoms with Gasteiger partial charge < -0.3 is 15.0 Å². The summed E-state index contributed by atoms with van der Waals surface area (Å²) in [7, 11) is 0.